The first-order valence-corrected chi connectivity index (χ1v) is 7.21. The number of carbonyl (C=O) groups is 1. The second-order valence-electron chi connectivity index (χ2n) is 5.40. The van der Waals surface area contributed by atoms with Crippen molar-refractivity contribution >= 4 is 17.5 Å². The van der Waals surface area contributed by atoms with Gasteiger partial charge in [0, 0.05) is 23.7 Å². The van der Waals surface area contributed by atoms with Gasteiger partial charge >= 0.3 is 0 Å². The van der Waals surface area contributed by atoms with Crippen molar-refractivity contribution < 1.29 is 4.79 Å². The van der Waals surface area contributed by atoms with Gasteiger partial charge in [0.15, 0.2) is 0 Å². The molecule has 4 heteroatoms. The predicted octanol–water partition coefficient (Wildman–Crippen LogP) is 2.83. The van der Waals surface area contributed by atoms with Crippen molar-refractivity contribution in [1.82, 2.24) is 10.2 Å². The van der Waals surface area contributed by atoms with E-state index in [0.29, 0.717) is 24.2 Å². The van der Waals surface area contributed by atoms with Crippen LogP contribution in [-0.4, -0.2) is 29.4 Å². The van der Waals surface area contributed by atoms with Crippen molar-refractivity contribution in [2.75, 3.05) is 6.54 Å². The predicted molar refractivity (Wildman–Crippen MR) is 78.2 cm³/mol. The van der Waals surface area contributed by atoms with Gasteiger partial charge in [-0.3, -0.25) is 4.79 Å². The number of benzene rings is 1. The number of rotatable bonds is 6. The topological polar surface area (TPSA) is 32.3 Å². The molecule has 104 valence electrons. The Hall–Kier alpha value is -1.06. The zero-order valence-corrected chi connectivity index (χ0v) is 12.3. The molecule has 0 heterocycles. The van der Waals surface area contributed by atoms with Gasteiger partial charge in [-0.1, -0.05) is 23.7 Å². The van der Waals surface area contributed by atoms with E-state index in [1.54, 1.807) is 0 Å². The molecule has 3 nitrogen and oxygen atoms in total. The van der Waals surface area contributed by atoms with Crippen LogP contribution in [0.2, 0.25) is 5.02 Å². The molecule has 0 aliphatic heterocycles. The van der Waals surface area contributed by atoms with E-state index in [1.807, 2.05) is 43.0 Å². The lowest BCUT2D eigenvalue weighted by Crippen LogP contribution is -2.42. The monoisotopic (exact) mass is 280 g/mol. The van der Waals surface area contributed by atoms with Crippen LogP contribution in [0.3, 0.4) is 0 Å². The standard InChI is InChI=1S/C15H21ClN2O/c1-11(2)18(15(19)9-17-14-6-7-14)10-12-4-3-5-13(16)8-12/h3-5,8,11,14,17H,6-7,9-10H2,1-2H3. The molecule has 1 N–H and O–H groups in total. The average molecular weight is 281 g/mol. The van der Waals surface area contributed by atoms with Crippen LogP contribution in [0.4, 0.5) is 0 Å². The third-order valence-corrected chi connectivity index (χ3v) is 3.54. The Balaban J connectivity index is 1.96. The Morgan fingerprint density at radius 1 is 1.47 bits per heavy atom. The van der Waals surface area contributed by atoms with Crippen molar-refractivity contribution in [3.8, 4) is 0 Å². The number of nitrogens with zero attached hydrogens (tertiary/aromatic N) is 1. The fraction of sp³-hybridized carbons (Fsp3) is 0.533. The first-order chi connectivity index (χ1) is 9.06. The van der Waals surface area contributed by atoms with E-state index in [4.69, 9.17) is 11.6 Å². The molecule has 1 aliphatic rings. The second kappa shape index (κ2) is 6.40. The van der Waals surface area contributed by atoms with E-state index >= 15 is 0 Å². The quantitative estimate of drug-likeness (QED) is 0.869. The van der Waals surface area contributed by atoms with Crippen LogP contribution >= 0.6 is 11.6 Å². The minimum absolute atomic E-state index is 0.155. The van der Waals surface area contributed by atoms with Crippen LogP contribution in [0, 0.1) is 0 Å². The SMILES string of the molecule is CC(C)N(Cc1cccc(Cl)c1)C(=O)CNC1CC1. The van der Waals surface area contributed by atoms with E-state index in [0.717, 1.165) is 5.56 Å². The third kappa shape index (κ3) is 4.51. The highest BCUT2D eigenvalue weighted by Crippen LogP contribution is 2.18. The summed E-state index contributed by atoms with van der Waals surface area (Å²) < 4.78 is 0. The Morgan fingerprint density at radius 3 is 2.79 bits per heavy atom. The molecule has 1 aromatic carbocycles. The zero-order chi connectivity index (χ0) is 13.8. The van der Waals surface area contributed by atoms with Crippen LogP contribution in [0.15, 0.2) is 24.3 Å². The highest BCUT2D eigenvalue weighted by atomic mass is 35.5. The fourth-order valence-electron chi connectivity index (χ4n) is 2.01. The normalized spacial score (nSPS) is 14.7. The van der Waals surface area contributed by atoms with Gasteiger partial charge in [-0.25, -0.2) is 0 Å². The van der Waals surface area contributed by atoms with Gasteiger partial charge in [0.25, 0.3) is 0 Å². The van der Waals surface area contributed by atoms with Crippen molar-refractivity contribution in [3.05, 3.63) is 34.9 Å². The first kappa shape index (κ1) is 14.4. The molecule has 0 saturated heterocycles. The number of halogens is 1. The van der Waals surface area contributed by atoms with E-state index in [-0.39, 0.29) is 11.9 Å². The van der Waals surface area contributed by atoms with Crippen LogP contribution in [-0.2, 0) is 11.3 Å². The average Bonchev–Trinajstić information content (AvgIpc) is 3.17. The molecular formula is C15H21ClN2O. The highest BCUT2D eigenvalue weighted by Gasteiger charge is 2.23. The summed E-state index contributed by atoms with van der Waals surface area (Å²) in [6, 6.07) is 8.43. The van der Waals surface area contributed by atoms with Crippen molar-refractivity contribution in [2.45, 2.75) is 45.3 Å². The molecule has 19 heavy (non-hydrogen) atoms. The highest BCUT2D eigenvalue weighted by molar-refractivity contribution is 6.30. The summed E-state index contributed by atoms with van der Waals surface area (Å²) in [5, 5.41) is 3.98. The second-order valence-corrected chi connectivity index (χ2v) is 5.84. The summed E-state index contributed by atoms with van der Waals surface area (Å²) in [5.41, 5.74) is 1.07. The van der Waals surface area contributed by atoms with E-state index < -0.39 is 0 Å². The molecule has 0 spiro atoms. The Bertz CT molecular complexity index is 444. The molecule has 0 radical (unpaired) electrons. The summed E-state index contributed by atoms with van der Waals surface area (Å²) in [5.74, 6) is 0.155. The summed E-state index contributed by atoms with van der Waals surface area (Å²) in [7, 11) is 0. The largest absolute Gasteiger partial charge is 0.335 e. The van der Waals surface area contributed by atoms with Crippen LogP contribution in [0.5, 0.6) is 0 Å². The maximum absolute atomic E-state index is 12.2. The molecule has 0 atom stereocenters. The number of amides is 1. The number of hydrogen-bond donors (Lipinski definition) is 1. The summed E-state index contributed by atoms with van der Waals surface area (Å²) in [6.45, 7) is 5.13. The zero-order valence-electron chi connectivity index (χ0n) is 11.5. The molecule has 0 aromatic heterocycles. The number of hydrogen-bond acceptors (Lipinski definition) is 2. The summed E-state index contributed by atoms with van der Waals surface area (Å²) >= 11 is 5.98. The molecule has 1 aliphatic carbocycles. The summed E-state index contributed by atoms with van der Waals surface area (Å²) in [4.78, 5) is 14.1. The lowest BCUT2D eigenvalue weighted by Gasteiger charge is -2.27. The Kier molecular flexibility index (Phi) is 4.83. The van der Waals surface area contributed by atoms with Gasteiger partial charge in [-0.15, -0.1) is 0 Å². The molecule has 1 aromatic rings. The van der Waals surface area contributed by atoms with Crippen molar-refractivity contribution in [1.29, 1.82) is 0 Å². The molecule has 2 rings (SSSR count). The van der Waals surface area contributed by atoms with Gasteiger partial charge in [0.05, 0.1) is 6.54 Å². The van der Waals surface area contributed by atoms with Gasteiger partial charge in [0.2, 0.25) is 5.91 Å². The van der Waals surface area contributed by atoms with Crippen LogP contribution < -0.4 is 5.32 Å². The third-order valence-electron chi connectivity index (χ3n) is 3.30. The molecule has 1 saturated carbocycles. The van der Waals surface area contributed by atoms with Gasteiger partial charge < -0.3 is 10.2 Å². The molecule has 1 amide bonds. The van der Waals surface area contributed by atoms with E-state index in [2.05, 4.69) is 5.32 Å². The maximum Gasteiger partial charge on any atom is 0.237 e. The van der Waals surface area contributed by atoms with Gasteiger partial charge in [0.1, 0.15) is 0 Å². The minimum Gasteiger partial charge on any atom is -0.335 e. The molecule has 0 bridgehead atoms. The fourth-order valence-corrected chi connectivity index (χ4v) is 2.22. The van der Waals surface area contributed by atoms with E-state index in [1.165, 1.54) is 12.8 Å². The smallest absolute Gasteiger partial charge is 0.237 e. The van der Waals surface area contributed by atoms with Crippen molar-refractivity contribution in [2.24, 2.45) is 0 Å². The van der Waals surface area contributed by atoms with E-state index in [9.17, 15) is 4.79 Å². The number of carbonyl (C=O) groups excluding carboxylic acids is 1. The van der Waals surface area contributed by atoms with Crippen LogP contribution in [0.1, 0.15) is 32.3 Å². The molecular weight excluding hydrogens is 260 g/mol. The Labute approximate surface area is 119 Å². The number of nitrogens with one attached hydrogen (secondary N) is 1. The molecule has 1 fully saturated rings. The van der Waals surface area contributed by atoms with Crippen molar-refractivity contribution in [3.63, 3.8) is 0 Å². The Morgan fingerprint density at radius 2 is 2.21 bits per heavy atom. The van der Waals surface area contributed by atoms with Gasteiger partial charge in [-0.05, 0) is 44.4 Å². The minimum atomic E-state index is 0.155. The maximum atomic E-state index is 12.2. The van der Waals surface area contributed by atoms with Crippen LogP contribution in [0.25, 0.3) is 0 Å². The molecule has 0 unspecified atom stereocenters. The van der Waals surface area contributed by atoms with Gasteiger partial charge in [-0.2, -0.15) is 0 Å². The lowest BCUT2D eigenvalue weighted by atomic mass is 10.2. The first-order valence-electron chi connectivity index (χ1n) is 6.83. The summed E-state index contributed by atoms with van der Waals surface area (Å²) in [6.07, 6.45) is 2.40. The lowest BCUT2D eigenvalue weighted by molar-refractivity contribution is -0.132.